The number of ketones is 6. The van der Waals surface area contributed by atoms with Crippen molar-refractivity contribution in [3.8, 4) is 0 Å². The summed E-state index contributed by atoms with van der Waals surface area (Å²) >= 11 is 7.38. The largest absolute Gasteiger partial charge is 0.295 e. The Morgan fingerprint density at radius 2 is 0.507 bits per heavy atom. The monoisotopic (exact) mass is 2040 g/mol. The molecule has 15 aliphatic carbocycles. The molecule has 0 aliphatic heterocycles. The number of H-pyrrole nitrogens is 6. The summed E-state index contributed by atoms with van der Waals surface area (Å²) in [5.41, 5.74) is 43.1. The number of benzene rings is 6. The normalized spacial score (nSPS) is 23.4. The smallest absolute Gasteiger partial charge is 0.160 e. The predicted octanol–water partition coefficient (Wildman–Crippen LogP) is 26.7. The fourth-order valence-corrected chi connectivity index (χ4v) is 29.6. The molecular weight excluding hydrogens is 1910 g/mol. The molecule has 3 fully saturated rings. The van der Waals surface area contributed by atoms with E-state index in [0.717, 1.165) is 225 Å². The zero-order chi connectivity index (χ0) is 100.0. The summed E-state index contributed by atoms with van der Waals surface area (Å²) in [7, 11) is 0. The average Bonchev–Trinajstić information content (AvgIpc) is 1.70. The van der Waals surface area contributed by atoms with Gasteiger partial charge in [0.25, 0.3) is 0 Å². The molecule has 6 aromatic carbocycles. The Hall–Kier alpha value is -12.0. The van der Waals surface area contributed by atoms with Crippen molar-refractivity contribution in [2.24, 2.45) is 32.5 Å². The highest BCUT2D eigenvalue weighted by Crippen LogP contribution is 2.63. The van der Waals surface area contributed by atoms with Gasteiger partial charge in [0.05, 0.1) is 34.2 Å². The number of aryl methyl sites for hydroxylation is 6. The summed E-state index contributed by atoms with van der Waals surface area (Å²) in [6.07, 6.45) is 27.4. The second-order valence-electron chi connectivity index (χ2n) is 47.3. The van der Waals surface area contributed by atoms with Crippen molar-refractivity contribution >= 4 is 66.6 Å². The summed E-state index contributed by atoms with van der Waals surface area (Å²) in [6, 6.07) is 58.4. The molecule has 6 N–H and O–H groups in total. The quantitative estimate of drug-likeness (QED) is 0.0869. The zero-order valence-corrected chi connectivity index (χ0v) is 88.5. The van der Waals surface area contributed by atoms with Gasteiger partial charge in [0.15, 0.2) is 34.7 Å². The summed E-state index contributed by atoms with van der Waals surface area (Å²) in [5.74, 6) is 2.41. The number of carbonyl (C=O) groups excluding carboxylic acids is 6. The van der Waals surface area contributed by atoms with Crippen molar-refractivity contribution in [3.05, 3.63) is 381 Å². The van der Waals surface area contributed by atoms with Crippen LogP contribution in [0.3, 0.4) is 0 Å². The highest BCUT2D eigenvalue weighted by atomic mass is 79.9. The van der Waals surface area contributed by atoms with Crippen LogP contribution in [0.25, 0.3) is 0 Å². The van der Waals surface area contributed by atoms with Crippen LogP contribution in [-0.4, -0.2) is 95.9 Å². The Kier molecular flexibility index (Phi) is 25.4. The zero-order valence-electron chi connectivity index (χ0n) is 85.3. The number of nitrogens with one attached hydrogen (secondary N) is 6. The van der Waals surface area contributed by atoms with E-state index >= 15 is 0 Å². The lowest BCUT2D eigenvalue weighted by Gasteiger charge is -2.47. The molecule has 6 aromatic heterocycles. The standard InChI is InChI=1S/C22H24N2O.C21H22N2O.C21H24N2O.2C20H21BrN2O.C20H20N2O/c1-14-19-17(24-23-14)11-16-12-22(9-5-6-10-22)13-18(25)20(16)21(19)15-7-3-2-4-8-15;1-13-18-16(23-22-13)10-15-11-21(8-5-9-21)12-17(24)19(15)20(18)14-6-3-2-4-7-14;1-13-19-16(9-14-7-5-4-6-8-14)20-15(10-17(19)23-22-13)11-21(2,3)12-18(20)24;2*1-11-17-15(23-22-11)8-12-9-20(2,3)10-16(24)18(12)19(17)13-6-4-5-7-14(13)21;1-12-17-15(22-21-12)9-14-10-20(7-8-20)11-16(23)18(14)19(17)13-5-3-2-4-6-13/h2-4,7-8,21H,5-6,9-13H2,1H3,(H,23,24);2-4,6-7,20H,5,8-12H2,1H3,(H,22,23);4-8,16H,9-12H2,1-3H3,(H,22,23);2*4-7,19H,8-10H2,1-3H3,(H,22,23);2-6,19H,7-11H2,1H3,(H,21,22)/t;;;2*19-;/m...10./s1. The third kappa shape index (κ3) is 18.1. The van der Waals surface area contributed by atoms with E-state index in [1.165, 1.54) is 147 Å². The third-order valence-corrected chi connectivity index (χ3v) is 36.4. The van der Waals surface area contributed by atoms with Gasteiger partial charge < -0.3 is 0 Å². The number of aromatic nitrogens is 12. The van der Waals surface area contributed by atoms with Crippen LogP contribution in [-0.2, 0) is 73.7 Å². The molecular formula is C124H132Br2N12O6. The van der Waals surface area contributed by atoms with Crippen molar-refractivity contribution in [1.82, 2.24) is 61.2 Å². The van der Waals surface area contributed by atoms with Crippen molar-refractivity contribution in [2.75, 3.05) is 0 Å². The molecule has 3 saturated carbocycles. The van der Waals surface area contributed by atoms with Crippen LogP contribution in [0.5, 0.6) is 0 Å². The fourth-order valence-electron chi connectivity index (χ4n) is 28.6. The number of allylic oxidation sites excluding steroid dienone is 12. The maximum atomic E-state index is 13.3. The number of carbonyl (C=O) groups is 6. The molecule has 3 spiro atoms. The van der Waals surface area contributed by atoms with Gasteiger partial charge in [-0.05, 0) is 203 Å². The van der Waals surface area contributed by atoms with Crippen molar-refractivity contribution in [3.63, 3.8) is 0 Å². The van der Waals surface area contributed by atoms with Gasteiger partial charge in [0.1, 0.15) is 0 Å². The first-order valence-corrected chi connectivity index (χ1v) is 54.2. The molecule has 738 valence electrons. The number of hydrogen-bond donors (Lipinski definition) is 6. The van der Waals surface area contributed by atoms with E-state index in [9.17, 15) is 28.8 Å². The molecule has 0 amide bonds. The minimum absolute atomic E-state index is 0.0123. The van der Waals surface area contributed by atoms with Crippen LogP contribution >= 0.6 is 31.9 Å². The second-order valence-corrected chi connectivity index (χ2v) is 49.0. The first-order chi connectivity index (χ1) is 69.2. The number of nitrogens with zero attached hydrogens (tertiary/aromatic N) is 6. The van der Waals surface area contributed by atoms with E-state index in [-0.39, 0.29) is 62.6 Å². The molecule has 6 heterocycles. The van der Waals surface area contributed by atoms with Crippen LogP contribution in [0.2, 0.25) is 0 Å². The Labute approximate surface area is 861 Å². The minimum atomic E-state index is -0.0123. The highest BCUT2D eigenvalue weighted by molar-refractivity contribution is 9.10. The molecule has 0 saturated heterocycles. The molecule has 15 aliphatic rings. The number of fused-ring (bicyclic) bond motifs is 6. The molecule has 20 heteroatoms. The van der Waals surface area contributed by atoms with Crippen LogP contribution in [0.1, 0.15) is 347 Å². The highest BCUT2D eigenvalue weighted by Gasteiger charge is 2.55. The van der Waals surface area contributed by atoms with E-state index < -0.39 is 0 Å². The van der Waals surface area contributed by atoms with Gasteiger partial charge in [-0.25, -0.2) is 0 Å². The molecule has 27 rings (SSSR count). The summed E-state index contributed by atoms with van der Waals surface area (Å²) in [4.78, 5) is 78.7. The van der Waals surface area contributed by atoms with Gasteiger partial charge in [0.2, 0.25) is 0 Å². The van der Waals surface area contributed by atoms with Crippen molar-refractivity contribution in [2.45, 2.75) is 298 Å². The molecule has 0 radical (unpaired) electrons. The topological polar surface area (TPSA) is 274 Å². The van der Waals surface area contributed by atoms with Crippen LogP contribution in [0.4, 0.5) is 0 Å². The predicted molar refractivity (Wildman–Crippen MR) is 570 cm³/mol. The molecule has 18 nitrogen and oxygen atoms in total. The lowest BCUT2D eigenvalue weighted by molar-refractivity contribution is -0.121. The summed E-state index contributed by atoms with van der Waals surface area (Å²) < 4.78 is 2.10. The SMILES string of the molecule is Cc1[nH]nc2c1C(Cc1ccccc1)C1=C(C2)CC(C)(C)CC1=O.Cc1[nH]nc2c1C(c1ccccc1)C1=C(C2)CC2(CC2)CC1=O.Cc1[nH]nc2c1C(c1ccccc1)C1=C(C2)CC2(CCC2)CC1=O.Cc1[nH]nc2c1C(c1ccccc1)C1=C(C2)CC2(CCCC2)CC1=O.Cc1[nH]nc2c1[C@@H](c1ccccc1Br)C1=C(C2)CC(C)(C)CC1=O.Cc1[nH]nc2c1[C@H](c1ccccc1Br)C1=C(C2)CC(C)(C)CC1=O. The first kappa shape index (κ1) is 96.8. The number of aromatic amines is 6. The van der Waals surface area contributed by atoms with Crippen molar-refractivity contribution < 1.29 is 28.8 Å². The van der Waals surface area contributed by atoms with Crippen molar-refractivity contribution in [1.29, 1.82) is 0 Å². The molecule has 4 unspecified atom stereocenters. The lowest BCUT2D eigenvalue weighted by atomic mass is 9.56. The minimum Gasteiger partial charge on any atom is -0.295 e. The van der Waals surface area contributed by atoms with E-state index in [1.807, 2.05) is 48.5 Å². The van der Waals surface area contributed by atoms with E-state index in [1.54, 1.807) is 0 Å². The number of hydrogen-bond acceptors (Lipinski definition) is 12. The Morgan fingerprint density at radius 1 is 0.264 bits per heavy atom. The van der Waals surface area contributed by atoms with E-state index in [2.05, 4.69) is 297 Å². The summed E-state index contributed by atoms with van der Waals surface area (Å²) in [5, 5.41) is 46.3. The number of Topliss-reactive ketones (excluding diaryl/α,β-unsaturated/α-hetero) is 6. The maximum absolute atomic E-state index is 13.3. The van der Waals surface area contributed by atoms with Gasteiger partial charge in [-0.15, -0.1) is 0 Å². The van der Waals surface area contributed by atoms with Gasteiger partial charge in [-0.3, -0.25) is 59.4 Å². The van der Waals surface area contributed by atoms with Gasteiger partial charge in [-0.2, -0.15) is 30.6 Å². The summed E-state index contributed by atoms with van der Waals surface area (Å²) in [6.45, 7) is 25.6. The number of halogens is 2. The van der Waals surface area contributed by atoms with Crippen LogP contribution < -0.4 is 0 Å². The molecule has 12 aromatic rings. The Balaban J connectivity index is 0.0000000987. The fraction of sp³-hybridized carbons (Fsp3) is 0.419. The Morgan fingerprint density at radius 3 is 0.812 bits per heavy atom. The second kappa shape index (κ2) is 37.8. The van der Waals surface area contributed by atoms with Gasteiger partial charge in [0, 0.05) is 222 Å². The van der Waals surface area contributed by atoms with Gasteiger partial charge >= 0.3 is 0 Å². The lowest BCUT2D eigenvalue weighted by Crippen LogP contribution is -2.39. The molecule has 6 atom stereocenters. The Bertz CT molecular complexity index is 7250. The third-order valence-electron chi connectivity index (χ3n) is 34.9. The van der Waals surface area contributed by atoms with Crippen LogP contribution in [0.15, 0.2) is 246 Å². The maximum Gasteiger partial charge on any atom is 0.160 e. The van der Waals surface area contributed by atoms with Crippen LogP contribution in [0, 0.1) is 74.0 Å². The molecule has 0 bridgehead atoms. The van der Waals surface area contributed by atoms with E-state index in [4.69, 9.17) is 0 Å². The average molecular weight is 2050 g/mol. The van der Waals surface area contributed by atoms with Gasteiger partial charge in [-0.1, -0.05) is 284 Å². The van der Waals surface area contributed by atoms with E-state index in [0.29, 0.717) is 59.4 Å². The molecule has 144 heavy (non-hydrogen) atoms. The number of rotatable bonds is 7. The first-order valence-electron chi connectivity index (χ1n) is 52.6.